The summed E-state index contributed by atoms with van der Waals surface area (Å²) in [5.41, 5.74) is 8.04. The molecule has 0 radical (unpaired) electrons. The average Bonchev–Trinajstić information content (AvgIpc) is 2.95. The Bertz CT molecular complexity index is 1150. The molecule has 3 N–H and O–H groups in total. The van der Waals surface area contributed by atoms with Crippen LogP contribution in [0.1, 0.15) is 31.8 Å². The third kappa shape index (κ3) is 2.91. The van der Waals surface area contributed by atoms with Crippen LogP contribution in [0.15, 0.2) is 59.7 Å². The number of rotatable bonds is 3. The predicted octanol–water partition coefficient (Wildman–Crippen LogP) is 1.87. The van der Waals surface area contributed by atoms with E-state index < -0.39 is 17.4 Å². The van der Waals surface area contributed by atoms with E-state index in [0.717, 1.165) is 17.2 Å². The summed E-state index contributed by atoms with van der Waals surface area (Å²) in [4.78, 5) is 40.0. The van der Waals surface area contributed by atoms with Gasteiger partial charge in [0.2, 0.25) is 0 Å². The number of nitrogens with zero attached hydrogens (tertiary/aromatic N) is 2. The third-order valence-electron chi connectivity index (χ3n) is 4.28. The highest BCUT2D eigenvalue weighted by Gasteiger charge is 2.31. The van der Waals surface area contributed by atoms with Crippen LogP contribution in [-0.4, -0.2) is 21.4 Å². The minimum absolute atomic E-state index is 0.00987. The number of hydrogen-bond donors (Lipinski definition) is 2. The lowest BCUT2D eigenvalue weighted by molar-refractivity contribution is 0.0880. The number of benzene rings is 1. The van der Waals surface area contributed by atoms with Gasteiger partial charge in [-0.1, -0.05) is 24.3 Å². The van der Waals surface area contributed by atoms with Crippen LogP contribution in [0.25, 0.3) is 17.8 Å². The van der Waals surface area contributed by atoms with E-state index in [4.69, 9.17) is 5.73 Å². The molecular formula is C20H14N4O3. The number of imide groups is 1. The molecule has 0 unspecified atom stereocenters. The molecule has 1 aliphatic heterocycles. The van der Waals surface area contributed by atoms with Gasteiger partial charge in [0.05, 0.1) is 16.8 Å². The highest BCUT2D eigenvalue weighted by molar-refractivity contribution is 6.23. The lowest BCUT2D eigenvalue weighted by Crippen LogP contribution is -2.24. The molecule has 7 nitrogen and oxygen atoms in total. The maximum absolute atomic E-state index is 12.4. The average molecular weight is 358 g/mol. The molecule has 0 spiro atoms. The monoisotopic (exact) mass is 358 g/mol. The maximum atomic E-state index is 12.4. The van der Waals surface area contributed by atoms with Crippen molar-refractivity contribution in [1.29, 1.82) is 0 Å². The van der Waals surface area contributed by atoms with Crippen molar-refractivity contribution < 1.29 is 9.59 Å². The predicted molar refractivity (Wildman–Crippen MR) is 101 cm³/mol. The fourth-order valence-electron chi connectivity index (χ4n) is 2.95. The van der Waals surface area contributed by atoms with Gasteiger partial charge in [-0.25, -0.2) is 0 Å². The van der Waals surface area contributed by atoms with Crippen molar-refractivity contribution in [2.24, 2.45) is 0 Å². The standard InChI is InChI=1S/C20H14N4O3/c21-18-17-15(19(26)23-20(17)27)11-16(25)24(18)14-5-3-12(4-6-14)1-2-13-7-9-22-10-8-13/h1-11H,21H2,(H,23,26,27). The third-order valence-corrected chi connectivity index (χ3v) is 4.28. The summed E-state index contributed by atoms with van der Waals surface area (Å²) >= 11 is 0. The van der Waals surface area contributed by atoms with Crippen molar-refractivity contribution >= 4 is 29.8 Å². The molecule has 3 heterocycles. The van der Waals surface area contributed by atoms with E-state index in [2.05, 4.69) is 10.3 Å². The fourth-order valence-corrected chi connectivity index (χ4v) is 2.95. The Labute approximate surface area is 153 Å². The van der Waals surface area contributed by atoms with E-state index in [1.807, 2.05) is 36.4 Å². The molecule has 0 aliphatic carbocycles. The first-order valence-corrected chi connectivity index (χ1v) is 8.14. The minimum atomic E-state index is -0.609. The second kappa shape index (κ2) is 6.38. The highest BCUT2D eigenvalue weighted by atomic mass is 16.2. The maximum Gasteiger partial charge on any atom is 0.262 e. The molecule has 0 saturated carbocycles. The van der Waals surface area contributed by atoms with Crippen molar-refractivity contribution in [1.82, 2.24) is 14.9 Å². The number of anilines is 1. The normalized spacial score (nSPS) is 13.0. The van der Waals surface area contributed by atoms with Gasteiger partial charge in [0.15, 0.2) is 0 Å². The van der Waals surface area contributed by atoms with Crippen LogP contribution in [0.3, 0.4) is 0 Å². The molecule has 0 saturated heterocycles. The molecule has 1 aliphatic rings. The van der Waals surface area contributed by atoms with Crippen LogP contribution in [0.5, 0.6) is 0 Å². The summed E-state index contributed by atoms with van der Waals surface area (Å²) in [5, 5.41) is 2.15. The Morgan fingerprint density at radius 1 is 0.889 bits per heavy atom. The van der Waals surface area contributed by atoms with Crippen molar-refractivity contribution in [3.63, 3.8) is 0 Å². The molecular weight excluding hydrogens is 344 g/mol. The van der Waals surface area contributed by atoms with Gasteiger partial charge in [0.25, 0.3) is 17.4 Å². The van der Waals surface area contributed by atoms with Crippen LogP contribution in [0, 0.1) is 0 Å². The Morgan fingerprint density at radius 2 is 1.52 bits per heavy atom. The van der Waals surface area contributed by atoms with Crippen molar-refractivity contribution in [3.05, 3.63) is 87.5 Å². The second-order valence-corrected chi connectivity index (χ2v) is 5.98. The van der Waals surface area contributed by atoms with Gasteiger partial charge >= 0.3 is 0 Å². The van der Waals surface area contributed by atoms with Crippen LogP contribution in [0.4, 0.5) is 5.82 Å². The first kappa shape index (κ1) is 16.5. The Kier molecular flexibility index (Phi) is 3.89. The van der Waals surface area contributed by atoms with Gasteiger partial charge in [-0.05, 0) is 35.4 Å². The van der Waals surface area contributed by atoms with Gasteiger partial charge in [0, 0.05) is 18.5 Å². The zero-order valence-corrected chi connectivity index (χ0v) is 14.0. The number of nitrogens with two attached hydrogens (primary N) is 1. The number of amides is 2. The van der Waals surface area contributed by atoms with Crippen molar-refractivity contribution in [2.75, 3.05) is 5.73 Å². The Balaban J connectivity index is 1.70. The van der Waals surface area contributed by atoms with Gasteiger partial charge in [-0.15, -0.1) is 0 Å². The second-order valence-electron chi connectivity index (χ2n) is 5.98. The number of aromatic nitrogens is 2. The van der Waals surface area contributed by atoms with Crippen LogP contribution < -0.4 is 16.6 Å². The van der Waals surface area contributed by atoms with Gasteiger partial charge in [-0.3, -0.25) is 29.3 Å². The molecule has 27 heavy (non-hydrogen) atoms. The van der Waals surface area contributed by atoms with Crippen molar-refractivity contribution in [2.45, 2.75) is 0 Å². The topological polar surface area (TPSA) is 107 Å². The highest BCUT2D eigenvalue weighted by Crippen LogP contribution is 2.23. The van der Waals surface area contributed by atoms with Crippen LogP contribution in [-0.2, 0) is 0 Å². The van der Waals surface area contributed by atoms with E-state index in [1.165, 1.54) is 4.57 Å². The SMILES string of the molecule is Nc1c2c(cc(=O)n1-c1ccc(C=Cc3ccncc3)cc1)C(=O)NC2=O. The molecule has 3 aromatic rings. The number of carbonyl (C=O) groups is 2. The van der Waals surface area contributed by atoms with Gasteiger partial charge in [0.1, 0.15) is 5.82 Å². The molecule has 0 fully saturated rings. The summed E-state index contributed by atoms with van der Waals surface area (Å²) in [6.45, 7) is 0. The number of nitrogens with one attached hydrogen (secondary N) is 1. The summed E-state index contributed by atoms with van der Waals surface area (Å²) < 4.78 is 1.22. The summed E-state index contributed by atoms with van der Waals surface area (Å²) in [5.74, 6) is -1.26. The van der Waals surface area contributed by atoms with Crippen LogP contribution in [0.2, 0.25) is 0 Å². The zero-order chi connectivity index (χ0) is 19.0. The largest absolute Gasteiger partial charge is 0.384 e. The van der Waals surface area contributed by atoms with E-state index in [1.54, 1.807) is 24.5 Å². The van der Waals surface area contributed by atoms with Gasteiger partial charge < -0.3 is 5.73 Å². The fraction of sp³-hybridized carbons (Fsp3) is 0. The molecule has 0 bridgehead atoms. The molecule has 4 rings (SSSR count). The molecule has 7 heteroatoms. The lowest BCUT2D eigenvalue weighted by atomic mass is 10.1. The van der Waals surface area contributed by atoms with Gasteiger partial charge in [-0.2, -0.15) is 0 Å². The van der Waals surface area contributed by atoms with E-state index in [0.29, 0.717) is 5.69 Å². The summed E-state index contributed by atoms with van der Waals surface area (Å²) in [7, 11) is 0. The molecule has 2 aromatic heterocycles. The zero-order valence-electron chi connectivity index (χ0n) is 14.0. The molecule has 1 aromatic carbocycles. The molecule has 132 valence electrons. The first-order chi connectivity index (χ1) is 13.0. The number of pyridine rings is 2. The Hall–Kier alpha value is -4.00. The van der Waals surface area contributed by atoms with E-state index >= 15 is 0 Å². The lowest BCUT2D eigenvalue weighted by Gasteiger charge is -2.12. The smallest absolute Gasteiger partial charge is 0.262 e. The minimum Gasteiger partial charge on any atom is -0.384 e. The van der Waals surface area contributed by atoms with Crippen LogP contribution >= 0.6 is 0 Å². The number of hydrogen-bond acceptors (Lipinski definition) is 5. The molecule has 2 amide bonds. The quantitative estimate of drug-likeness (QED) is 0.695. The molecule has 0 atom stereocenters. The first-order valence-electron chi connectivity index (χ1n) is 8.14. The number of fused-ring (bicyclic) bond motifs is 1. The number of nitrogen functional groups attached to an aromatic ring is 1. The number of carbonyl (C=O) groups excluding carboxylic acids is 2. The summed E-state index contributed by atoms with van der Waals surface area (Å²) in [6.07, 6.45) is 7.31. The summed E-state index contributed by atoms with van der Waals surface area (Å²) in [6, 6.07) is 12.0. The van der Waals surface area contributed by atoms with E-state index in [9.17, 15) is 14.4 Å². The Morgan fingerprint density at radius 3 is 2.19 bits per heavy atom. The van der Waals surface area contributed by atoms with E-state index in [-0.39, 0.29) is 16.9 Å². The van der Waals surface area contributed by atoms with Crippen molar-refractivity contribution in [3.8, 4) is 5.69 Å².